The van der Waals surface area contributed by atoms with E-state index in [1.54, 1.807) is 11.8 Å². The van der Waals surface area contributed by atoms with Gasteiger partial charge in [0, 0.05) is 12.7 Å². The van der Waals surface area contributed by atoms with Gasteiger partial charge in [-0.2, -0.15) is 11.8 Å². The van der Waals surface area contributed by atoms with Crippen LogP contribution in [0, 0.1) is 5.92 Å². The first-order valence-electron chi connectivity index (χ1n) is 5.27. The number of nitrogens with one attached hydrogen (secondary N) is 2. The number of H-pyrrole nitrogens is 1. The number of carboxylic acid groups (broad SMARTS) is 1. The van der Waals surface area contributed by atoms with Crippen molar-refractivity contribution in [2.45, 2.75) is 11.8 Å². The number of carbonyl (C=O) groups is 1. The predicted octanol–water partition coefficient (Wildman–Crippen LogP) is 0.990. The lowest BCUT2D eigenvalue weighted by Crippen LogP contribution is -2.29. The average molecular weight is 292 g/mol. The van der Waals surface area contributed by atoms with Crippen LogP contribution in [0.15, 0.2) is 17.2 Å². The third kappa shape index (κ3) is 4.04. The van der Waals surface area contributed by atoms with Crippen LogP contribution in [0.25, 0.3) is 0 Å². The maximum atomic E-state index is 11.8. The summed E-state index contributed by atoms with van der Waals surface area (Å²) in [6, 6.07) is 1.10. The van der Waals surface area contributed by atoms with E-state index in [-0.39, 0.29) is 16.5 Å². The zero-order valence-corrected chi connectivity index (χ0v) is 11.8. The number of aromatic carboxylic acids is 1. The highest BCUT2D eigenvalue weighted by atomic mass is 32.2. The second kappa shape index (κ2) is 6.26. The van der Waals surface area contributed by atoms with Gasteiger partial charge >= 0.3 is 5.97 Å². The van der Waals surface area contributed by atoms with Crippen molar-refractivity contribution >= 4 is 27.8 Å². The fourth-order valence-electron chi connectivity index (χ4n) is 1.33. The fraction of sp³-hybridized carbons (Fsp3) is 0.500. The Morgan fingerprint density at radius 2 is 2.28 bits per heavy atom. The molecule has 1 rings (SSSR count). The van der Waals surface area contributed by atoms with Crippen molar-refractivity contribution in [3.63, 3.8) is 0 Å². The Hall–Kier alpha value is -0.990. The average Bonchev–Trinajstić information content (AvgIpc) is 2.77. The van der Waals surface area contributed by atoms with Crippen LogP contribution in [0.4, 0.5) is 0 Å². The molecule has 0 saturated carbocycles. The second-order valence-corrected chi connectivity index (χ2v) is 6.64. The molecule has 1 aromatic heterocycles. The van der Waals surface area contributed by atoms with Crippen molar-refractivity contribution in [1.29, 1.82) is 0 Å². The summed E-state index contributed by atoms with van der Waals surface area (Å²) >= 11 is 1.65. The molecule has 1 unspecified atom stereocenters. The van der Waals surface area contributed by atoms with Gasteiger partial charge in [-0.15, -0.1) is 0 Å². The smallest absolute Gasteiger partial charge is 0.352 e. The Bertz CT molecular complexity index is 510. The van der Waals surface area contributed by atoms with Gasteiger partial charge in [-0.25, -0.2) is 17.9 Å². The lowest BCUT2D eigenvalue weighted by Gasteiger charge is -2.10. The summed E-state index contributed by atoms with van der Waals surface area (Å²) in [6.45, 7) is 2.27. The molecule has 0 saturated heterocycles. The van der Waals surface area contributed by atoms with E-state index in [1.165, 1.54) is 6.20 Å². The van der Waals surface area contributed by atoms with Crippen LogP contribution in [0.1, 0.15) is 17.4 Å². The lowest BCUT2D eigenvalue weighted by molar-refractivity contribution is 0.0691. The molecule has 0 fully saturated rings. The number of sulfonamides is 1. The minimum atomic E-state index is -3.64. The molecule has 0 aliphatic carbocycles. The Labute approximate surface area is 110 Å². The van der Waals surface area contributed by atoms with Gasteiger partial charge in [0.25, 0.3) is 0 Å². The Morgan fingerprint density at radius 1 is 1.61 bits per heavy atom. The van der Waals surface area contributed by atoms with Gasteiger partial charge in [-0.3, -0.25) is 0 Å². The first-order valence-corrected chi connectivity index (χ1v) is 8.15. The van der Waals surface area contributed by atoms with Crippen LogP contribution in [0.5, 0.6) is 0 Å². The topological polar surface area (TPSA) is 99.3 Å². The summed E-state index contributed by atoms with van der Waals surface area (Å²) in [4.78, 5) is 13.0. The molecule has 6 nitrogen and oxygen atoms in total. The predicted molar refractivity (Wildman–Crippen MR) is 70.5 cm³/mol. The van der Waals surface area contributed by atoms with Gasteiger partial charge in [0.05, 0.1) is 0 Å². The van der Waals surface area contributed by atoms with Crippen LogP contribution in [0.3, 0.4) is 0 Å². The molecule has 18 heavy (non-hydrogen) atoms. The second-order valence-electron chi connectivity index (χ2n) is 3.97. The number of hydrogen-bond acceptors (Lipinski definition) is 4. The van der Waals surface area contributed by atoms with Crippen molar-refractivity contribution in [3.8, 4) is 0 Å². The van der Waals surface area contributed by atoms with E-state index in [1.807, 2.05) is 13.2 Å². The Kier molecular flexibility index (Phi) is 5.24. The number of rotatable bonds is 7. The molecule has 0 aromatic carbocycles. The molecule has 0 bridgehead atoms. The van der Waals surface area contributed by atoms with Crippen LogP contribution in [-0.2, 0) is 10.0 Å². The number of aromatic nitrogens is 1. The van der Waals surface area contributed by atoms with E-state index in [9.17, 15) is 13.2 Å². The molecule has 0 spiro atoms. The highest BCUT2D eigenvalue weighted by Crippen LogP contribution is 2.11. The molecule has 102 valence electrons. The molecule has 8 heteroatoms. The molecule has 1 aromatic rings. The van der Waals surface area contributed by atoms with Gasteiger partial charge in [0.15, 0.2) is 0 Å². The Morgan fingerprint density at radius 3 is 2.78 bits per heavy atom. The van der Waals surface area contributed by atoms with Crippen molar-refractivity contribution in [2.75, 3.05) is 18.6 Å². The van der Waals surface area contributed by atoms with E-state index in [0.29, 0.717) is 6.54 Å². The zero-order chi connectivity index (χ0) is 13.8. The molecular formula is C10H16N2O4S2. The third-order valence-electron chi connectivity index (χ3n) is 2.27. The normalized spacial score (nSPS) is 13.4. The van der Waals surface area contributed by atoms with E-state index in [4.69, 9.17) is 5.11 Å². The highest BCUT2D eigenvalue weighted by Gasteiger charge is 2.18. The lowest BCUT2D eigenvalue weighted by atomic mass is 10.2. The molecular weight excluding hydrogens is 276 g/mol. The molecule has 1 atom stereocenters. The maximum Gasteiger partial charge on any atom is 0.352 e. The summed E-state index contributed by atoms with van der Waals surface area (Å²) in [7, 11) is -3.64. The number of thioether (sulfide) groups is 1. The van der Waals surface area contributed by atoms with Crippen molar-refractivity contribution in [3.05, 3.63) is 18.0 Å². The van der Waals surface area contributed by atoms with Gasteiger partial charge in [0.2, 0.25) is 10.0 Å². The largest absolute Gasteiger partial charge is 0.477 e. The fourth-order valence-corrected chi connectivity index (χ4v) is 3.18. The summed E-state index contributed by atoms with van der Waals surface area (Å²) in [5.74, 6) is -0.115. The quantitative estimate of drug-likeness (QED) is 0.696. The summed E-state index contributed by atoms with van der Waals surface area (Å²) in [5, 5.41) is 8.70. The van der Waals surface area contributed by atoms with E-state index < -0.39 is 16.0 Å². The first-order chi connectivity index (χ1) is 8.36. The SMILES string of the molecule is CSCC(C)CNS(=O)(=O)c1c[nH]c(C(=O)O)c1. The van der Waals surface area contributed by atoms with Crippen LogP contribution < -0.4 is 4.72 Å². The first kappa shape index (κ1) is 15.1. The molecule has 3 N–H and O–H groups in total. The molecule has 0 amide bonds. The third-order valence-corrected chi connectivity index (χ3v) is 4.58. The molecule has 0 radical (unpaired) electrons. The van der Waals surface area contributed by atoms with E-state index in [2.05, 4.69) is 9.71 Å². The van der Waals surface area contributed by atoms with Crippen LogP contribution in [0.2, 0.25) is 0 Å². The number of aromatic amines is 1. The molecule has 0 aliphatic rings. The minimum Gasteiger partial charge on any atom is -0.477 e. The van der Waals surface area contributed by atoms with Gasteiger partial charge < -0.3 is 10.1 Å². The van der Waals surface area contributed by atoms with Gasteiger partial charge in [-0.05, 0) is 24.0 Å². The zero-order valence-electron chi connectivity index (χ0n) is 10.1. The van der Waals surface area contributed by atoms with E-state index in [0.717, 1.165) is 11.8 Å². The standard InChI is InChI=1S/C10H16N2O4S2/c1-7(6-17-2)4-12-18(15,16)8-3-9(10(13)14)11-5-8/h3,5,7,11-12H,4,6H2,1-2H3,(H,13,14). The van der Waals surface area contributed by atoms with Crippen molar-refractivity contribution in [2.24, 2.45) is 5.92 Å². The number of carboxylic acids is 1. The summed E-state index contributed by atoms with van der Waals surface area (Å²) < 4.78 is 26.2. The van der Waals surface area contributed by atoms with Crippen molar-refractivity contribution in [1.82, 2.24) is 9.71 Å². The van der Waals surface area contributed by atoms with Gasteiger partial charge in [-0.1, -0.05) is 6.92 Å². The Balaban J connectivity index is 2.71. The molecule has 1 heterocycles. The van der Waals surface area contributed by atoms with Gasteiger partial charge in [0.1, 0.15) is 10.6 Å². The van der Waals surface area contributed by atoms with E-state index >= 15 is 0 Å². The maximum absolute atomic E-state index is 11.8. The van der Waals surface area contributed by atoms with Crippen LogP contribution >= 0.6 is 11.8 Å². The molecule has 0 aliphatic heterocycles. The summed E-state index contributed by atoms with van der Waals surface area (Å²) in [5.41, 5.74) is -0.146. The number of hydrogen-bond donors (Lipinski definition) is 3. The minimum absolute atomic E-state index is 0.0590. The summed E-state index contributed by atoms with van der Waals surface area (Å²) in [6.07, 6.45) is 3.13. The monoisotopic (exact) mass is 292 g/mol. The highest BCUT2D eigenvalue weighted by molar-refractivity contribution is 7.98. The van der Waals surface area contributed by atoms with Crippen LogP contribution in [-0.4, -0.2) is 43.0 Å². The van der Waals surface area contributed by atoms with Crippen molar-refractivity contribution < 1.29 is 18.3 Å².